The molecule has 0 fully saturated rings. The number of benzene rings is 4. The van der Waals surface area contributed by atoms with E-state index in [1.165, 1.54) is 16.7 Å². The number of hydrogen-bond acceptors (Lipinski definition) is 1. The second kappa shape index (κ2) is 15.2. The summed E-state index contributed by atoms with van der Waals surface area (Å²) in [5.41, 5.74) is 22.3. The zero-order valence-corrected chi connectivity index (χ0v) is 26.7. The van der Waals surface area contributed by atoms with Crippen LogP contribution in [-0.2, 0) is 0 Å². The molecule has 2 heteroatoms. The highest BCUT2D eigenvalue weighted by Crippen LogP contribution is 2.40. The number of anilines is 1. The molecule has 0 amide bonds. The molecule has 0 aliphatic heterocycles. The van der Waals surface area contributed by atoms with Crippen molar-refractivity contribution in [2.75, 3.05) is 5.73 Å². The number of allylic oxidation sites excluding steroid dienone is 5. The number of rotatable bonds is 4. The van der Waals surface area contributed by atoms with Gasteiger partial charge >= 0.3 is 0 Å². The molecule has 220 valence electrons. The van der Waals surface area contributed by atoms with Gasteiger partial charge in [-0.3, -0.25) is 5.41 Å². The van der Waals surface area contributed by atoms with Gasteiger partial charge in [-0.25, -0.2) is 0 Å². The highest BCUT2D eigenvalue weighted by Gasteiger charge is 2.20. The van der Waals surface area contributed by atoms with Gasteiger partial charge in [0.1, 0.15) is 0 Å². The molecule has 0 bridgehead atoms. The van der Waals surface area contributed by atoms with E-state index in [2.05, 4.69) is 70.7 Å². The summed E-state index contributed by atoms with van der Waals surface area (Å²) in [6, 6.07) is 30.0. The molecule has 1 aliphatic carbocycles. The van der Waals surface area contributed by atoms with E-state index >= 15 is 0 Å². The molecule has 4 N–H and O–H groups in total. The summed E-state index contributed by atoms with van der Waals surface area (Å²) in [6.07, 6.45) is 8.98. The topological polar surface area (TPSA) is 51.6 Å². The van der Waals surface area contributed by atoms with E-state index in [0.29, 0.717) is 0 Å². The predicted octanol–water partition coefficient (Wildman–Crippen LogP) is 8.63. The van der Waals surface area contributed by atoms with Gasteiger partial charge in [0.15, 0.2) is 5.71 Å². The molecular weight excluding hydrogens is 532 g/mol. The average Bonchev–Trinajstić information content (AvgIpc) is 3.04. The van der Waals surface area contributed by atoms with Gasteiger partial charge in [-0.2, -0.15) is 0 Å². The van der Waals surface area contributed by atoms with Crippen molar-refractivity contribution >= 4 is 22.5 Å². The van der Waals surface area contributed by atoms with Crippen LogP contribution in [0.2, 0.25) is 0 Å². The maximum atomic E-state index is 6.71. The number of hydrogen-bond donors (Lipinski definition) is 2. The summed E-state index contributed by atoms with van der Waals surface area (Å²) in [4.78, 5) is 0. The molecule has 5 rings (SSSR count). The van der Waals surface area contributed by atoms with Crippen LogP contribution in [0.1, 0.15) is 58.4 Å². The van der Waals surface area contributed by atoms with Gasteiger partial charge in [0.25, 0.3) is 0 Å². The van der Waals surface area contributed by atoms with E-state index < -0.39 is 0 Å². The highest BCUT2D eigenvalue weighted by atomic mass is 14.6. The minimum atomic E-state index is 0.758. The summed E-state index contributed by atoms with van der Waals surface area (Å²) < 4.78 is 0. The Kier molecular flexibility index (Phi) is 11.4. The van der Waals surface area contributed by atoms with Crippen molar-refractivity contribution in [2.24, 2.45) is 0 Å². The lowest BCUT2D eigenvalue weighted by Gasteiger charge is -2.23. The predicted molar refractivity (Wildman–Crippen MR) is 192 cm³/mol. The first-order valence-electron chi connectivity index (χ1n) is 14.6. The Morgan fingerprint density at radius 3 is 1.34 bits per heavy atom. The Labute approximate surface area is 264 Å². The molecule has 4 aromatic rings. The largest absolute Gasteiger partial charge is 0.398 e. The summed E-state index contributed by atoms with van der Waals surface area (Å²) in [7, 11) is 0. The van der Waals surface area contributed by atoms with Crippen molar-refractivity contribution in [3.05, 3.63) is 184 Å². The van der Waals surface area contributed by atoms with Gasteiger partial charge in [-0.1, -0.05) is 105 Å². The van der Waals surface area contributed by atoms with Crippen LogP contribution in [0.25, 0.3) is 11.1 Å². The van der Waals surface area contributed by atoms with E-state index in [1.807, 2.05) is 92.7 Å². The lowest BCUT2D eigenvalue weighted by Crippen LogP contribution is -2.38. The SMILES string of the molecule is C#Cc1ccccc1.C=C(c1ccccc1)c1c(C)c(C)c(C)c(C(=C)c2ccccc2)c1N.C=C1C(C)=CC(=[NH2+])C=C1C. The second-order valence-corrected chi connectivity index (χ2v) is 10.9. The zero-order chi connectivity index (χ0) is 32.4. The number of terminal acetylenes is 1. The lowest BCUT2D eigenvalue weighted by atomic mass is 9.83. The normalized spacial score (nSPS) is 11.9. The molecule has 0 heterocycles. The van der Waals surface area contributed by atoms with Crippen LogP contribution in [0.15, 0.2) is 140 Å². The first kappa shape index (κ1) is 33.1. The molecule has 0 saturated carbocycles. The molecule has 0 saturated heterocycles. The molecule has 0 unspecified atom stereocenters. The van der Waals surface area contributed by atoms with E-state index in [-0.39, 0.29) is 0 Å². The van der Waals surface area contributed by atoms with Crippen LogP contribution >= 0.6 is 0 Å². The van der Waals surface area contributed by atoms with E-state index in [0.717, 1.165) is 67.1 Å². The van der Waals surface area contributed by atoms with Crippen molar-refractivity contribution in [1.82, 2.24) is 0 Å². The van der Waals surface area contributed by atoms with Crippen molar-refractivity contribution in [1.29, 1.82) is 0 Å². The molecule has 4 aromatic carbocycles. The maximum Gasteiger partial charge on any atom is 0.197 e. The highest BCUT2D eigenvalue weighted by molar-refractivity contribution is 6.03. The van der Waals surface area contributed by atoms with Crippen LogP contribution < -0.4 is 11.1 Å². The lowest BCUT2D eigenvalue weighted by molar-refractivity contribution is -0.110. The minimum Gasteiger partial charge on any atom is -0.398 e. The molecule has 44 heavy (non-hydrogen) atoms. The molecule has 0 atom stereocenters. The first-order chi connectivity index (χ1) is 21.0. The van der Waals surface area contributed by atoms with Crippen LogP contribution in [0.3, 0.4) is 0 Å². The Bertz CT molecular complexity index is 1690. The van der Waals surface area contributed by atoms with Crippen molar-refractivity contribution < 1.29 is 5.41 Å². The van der Waals surface area contributed by atoms with Crippen molar-refractivity contribution in [3.8, 4) is 12.3 Å². The monoisotopic (exact) mass is 575 g/mol. The van der Waals surface area contributed by atoms with E-state index in [9.17, 15) is 0 Å². The van der Waals surface area contributed by atoms with Crippen LogP contribution in [-0.4, -0.2) is 5.71 Å². The Morgan fingerprint density at radius 1 is 0.636 bits per heavy atom. The van der Waals surface area contributed by atoms with Gasteiger partial charge in [0, 0.05) is 34.5 Å². The third-order valence-electron chi connectivity index (χ3n) is 7.92. The molecule has 0 radical (unpaired) electrons. The average molecular weight is 576 g/mol. The summed E-state index contributed by atoms with van der Waals surface area (Å²) >= 11 is 0. The fourth-order valence-corrected chi connectivity index (χ4v) is 5.09. The summed E-state index contributed by atoms with van der Waals surface area (Å²) in [6.45, 7) is 23.0. The van der Waals surface area contributed by atoms with Crippen LogP contribution in [0.5, 0.6) is 0 Å². The molecule has 0 aromatic heterocycles. The molecule has 0 spiro atoms. The molecule has 2 nitrogen and oxygen atoms in total. The first-order valence-corrected chi connectivity index (χ1v) is 14.6. The summed E-state index contributed by atoms with van der Waals surface area (Å²) in [5, 5.41) is 5.60. The van der Waals surface area contributed by atoms with Gasteiger partial charge < -0.3 is 5.73 Å². The minimum absolute atomic E-state index is 0.758. The fraction of sp³-hybridized carbons (Fsp3) is 0.119. The Morgan fingerprint density at radius 2 is 1.00 bits per heavy atom. The molecular formula is C42H43N2+. The molecule has 1 aliphatic rings. The van der Waals surface area contributed by atoms with Gasteiger partial charge in [-0.05, 0) is 102 Å². The van der Waals surface area contributed by atoms with Crippen LogP contribution in [0.4, 0.5) is 5.69 Å². The van der Waals surface area contributed by atoms with Gasteiger partial charge in [0.2, 0.25) is 0 Å². The fourth-order valence-electron chi connectivity index (χ4n) is 5.09. The number of nitrogen functional groups attached to an aromatic ring is 1. The van der Waals surface area contributed by atoms with E-state index in [4.69, 9.17) is 17.6 Å². The summed E-state index contributed by atoms with van der Waals surface area (Å²) in [5.74, 6) is 2.53. The zero-order valence-electron chi connectivity index (χ0n) is 26.7. The van der Waals surface area contributed by atoms with Crippen molar-refractivity contribution in [3.63, 3.8) is 0 Å². The van der Waals surface area contributed by atoms with Crippen LogP contribution in [0, 0.1) is 33.1 Å². The van der Waals surface area contributed by atoms with Gasteiger partial charge in [0.05, 0.1) is 0 Å². The quantitative estimate of drug-likeness (QED) is 0.186. The maximum absolute atomic E-state index is 6.71. The number of nitrogens with two attached hydrogens (primary N) is 2. The Hall–Kier alpha value is -5.39. The van der Waals surface area contributed by atoms with E-state index in [1.54, 1.807) is 0 Å². The van der Waals surface area contributed by atoms with Crippen molar-refractivity contribution in [2.45, 2.75) is 34.6 Å². The smallest absolute Gasteiger partial charge is 0.197 e. The second-order valence-electron chi connectivity index (χ2n) is 10.9. The Balaban J connectivity index is 0.000000238. The third-order valence-corrected chi connectivity index (χ3v) is 7.92. The third kappa shape index (κ3) is 7.91. The standard InChI is InChI=1S/C25H25N.C9H11N.C8H6/c1-16-17(2)23(19(4)21-12-8-6-9-13-21)25(26)24(18(16)3)20(5)22-14-10-7-11-15-22;1-6-4-9(10)5-7(2)8(6)3;1-2-8-6-4-3-5-7-8/h6-15H,4-5,26H2,1-3H3;4-5,10H,3H2,1-2H3;1,3-7H/p+1. The van der Waals surface area contributed by atoms with Gasteiger partial charge in [-0.15, -0.1) is 6.42 Å².